The van der Waals surface area contributed by atoms with Gasteiger partial charge in [0.1, 0.15) is 4.33 Å². The summed E-state index contributed by atoms with van der Waals surface area (Å²) >= 11 is 14.0. The lowest BCUT2D eigenvalue weighted by Gasteiger charge is -2.61. The second-order valence-corrected chi connectivity index (χ2v) is 12.4. The molecule has 1 nitrogen and oxygen atoms in total. The standard InChI is InChI=1S/C28H40Cl2F2O/c1-3-5-19-14-16-27(17-15-19)18-22(28(27,29)30)11-8-20-6-9-21(10-7-20)23-12-13-24(33-4-2)26(32)25(23)31/h12-13,19-22H,3-11,14-18H2,1-2H3. The van der Waals surface area contributed by atoms with Crippen LogP contribution in [0.1, 0.15) is 109 Å². The Balaban J connectivity index is 1.24. The molecule has 1 aromatic rings. The molecule has 3 fully saturated rings. The Kier molecular flexibility index (Phi) is 8.21. The van der Waals surface area contributed by atoms with Crippen LogP contribution >= 0.6 is 23.2 Å². The Morgan fingerprint density at radius 1 is 0.879 bits per heavy atom. The predicted molar refractivity (Wildman–Crippen MR) is 133 cm³/mol. The lowest BCUT2D eigenvalue weighted by Crippen LogP contribution is -2.58. The maximum absolute atomic E-state index is 14.6. The van der Waals surface area contributed by atoms with E-state index in [1.807, 2.05) is 0 Å². The molecule has 5 heteroatoms. The number of ether oxygens (including phenoxy) is 1. The maximum atomic E-state index is 14.6. The van der Waals surface area contributed by atoms with E-state index in [2.05, 4.69) is 6.92 Å². The van der Waals surface area contributed by atoms with Gasteiger partial charge in [0.05, 0.1) is 6.61 Å². The summed E-state index contributed by atoms with van der Waals surface area (Å²) < 4.78 is 33.5. The highest BCUT2D eigenvalue weighted by atomic mass is 35.5. The van der Waals surface area contributed by atoms with Gasteiger partial charge in [0.25, 0.3) is 0 Å². The SMILES string of the molecule is CCCC1CCC2(CC1)CC(CCC1CCC(c3ccc(OCC)c(F)c3F)CC1)C2(Cl)Cl. The minimum absolute atomic E-state index is 0.00943. The van der Waals surface area contributed by atoms with E-state index in [9.17, 15) is 8.78 Å². The molecule has 186 valence electrons. The summed E-state index contributed by atoms with van der Waals surface area (Å²) in [7, 11) is 0. The lowest BCUT2D eigenvalue weighted by molar-refractivity contribution is -0.0223. The zero-order valence-electron chi connectivity index (χ0n) is 20.3. The van der Waals surface area contributed by atoms with Gasteiger partial charge < -0.3 is 4.74 Å². The summed E-state index contributed by atoms with van der Waals surface area (Å²) in [5, 5.41) is 0. The molecule has 0 bridgehead atoms. The molecule has 3 aliphatic carbocycles. The zero-order chi connectivity index (χ0) is 23.6. The van der Waals surface area contributed by atoms with E-state index in [4.69, 9.17) is 27.9 Å². The smallest absolute Gasteiger partial charge is 0.200 e. The van der Waals surface area contributed by atoms with Crippen molar-refractivity contribution in [1.29, 1.82) is 0 Å². The van der Waals surface area contributed by atoms with Crippen molar-refractivity contribution in [2.45, 2.75) is 108 Å². The van der Waals surface area contributed by atoms with Crippen molar-refractivity contribution >= 4 is 23.2 Å². The van der Waals surface area contributed by atoms with Crippen LogP contribution in [0, 0.1) is 34.8 Å². The van der Waals surface area contributed by atoms with Crippen LogP contribution in [0.2, 0.25) is 0 Å². The highest BCUT2D eigenvalue weighted by Crippen LogP contribution is 2.68. The van der Waals surface area contributed by atoms with Crippen LogP contribution in [0.3, 0.4) is 0 Å². The number of hydrogen-bond donors (Lipinski definition) is 0. The monoisotopic (exact) mass is 500 g/mol. The van der Waals surface area contributed by atoms with Crippen LogP contribution in [0.15, 0.2) is 12.1 Å². The minimum Gasteiger partial charge on any atom is -0.491 e. The second-order valence-electron chi connectivity index (χ2n) is 11.0. The molecule has 4 rings (SSSR count). The maximum Gasteiger partial charge on any atom is 0.200 e. The Labute approximate surface area is 208 Å². The predicted octanol–water partition coefficient (Wildman–Crippen LogP) is 9.59. The first-order chi connectivity index (χ1) is 15.8. The molecule has 1 aromatic carbocycles. The van der Waals surface area contributed by atoms with Crippen molar-refractivity contribution in [2.75, 3.05) is 6.61 Å². The van der Waals surface area contributed by atoms with Crippen molar-refractivity contribution in [1.82, 2.24) is 0 Å². The van der Waals surface area contributed by atoms with Crippen LogP contribution in [0.5, 0.6) is 5.75 Å². The van der Waals surface area contributed by atoms with E-state index in [1.54, 1.807) is 19.1 Å². The van der Waals surface area contributed by atoms with Crippen molar-refractivity contribution in [3.8, 4) is 5.75 Å². The van der Waals surface area contributed by atoms with E-state index in [0.717, 1.165) is 44.4 Å². The van der Waals surface area contributed by atoms with Gasteiger partial charge >= 0.3 is 0 Å². The molecular weight excluding hydrogens is 461 g/mol. The normalized spacial score (nSPS) is 33.6. The van der Waals surface area contributed by atoms with Gasteiger partial charge in [-0.25, -0.2) is 4.39 Å². The molecule has 3 aliphatic rings. The molecule has 0 aliphatic heterocycles. The van der Waals surface area contributed by atoms with Crippen LogP contribution in [-0.2, 0) is 0 Å². The van der Waals surface area contributed by atoms with Gasteiger partial charge in [-0.15, -0.1) is 23.2 Å². The van der Waals surface area contributed by atoms with Crippen molar-refractivity contribution in [3.63, 3.8) is 0 Å². The highest BCUT2D eigenvalue weighted by Gasteiger charge is 2.63. The molecule has 1 unspecified atom stereocenters. The summed E-state index contributed by atoms with van der Waals surface area (Å²) in [6.45, 7) is 4.37. The van der Waals surface area contributed by atoms with E-state index < -0.39 is 16.0 Å². The molecule has 1 spiro atoms. The molecule has 0 N–H and O–H groups in total. The van der Waals surface area contributed by atoms with Crippen LogP contribution < -0.4 is 4.74 Å². The van der Waals surface area contributed by atoms with Crippen molar-refractivity contribution in [3.05, 3.63) is 29.3 Å². The fourth-order valence-corrected chi connectivity index (χ4v) is 8.02. The average Bonchev–Trinajstić information content (AvgIpc) is 2.81. The number of hydrogen-bond acceptors (Lipinski definition) is 1. The van der Waals surface area contributed by atoms with Crippen LogP contribution in [0.25, 0.3) is 0 Å². The third kappa shape index (κ3) is 5.06. The molecule has 0 saturated heterocycles. The number of halogens is 4. The summed E-state index contributed by atoms with van der Waals surface area (Å²) in [5.41, 5.74) is 0.660. The lowest BCUT2D eigenvalue weighted by atomic mass is 9.52. The van der Waals surface area contributed by atoms with Crippen molar-refractivity contribution < 1.29 is 13.5 Å². The number of alkyl halides is 2. The third-order valence-electron chi connectivity index (χ3n) is 9.20. The first-order valence-electron chi connectivity index (χ1n) is 13.3. The fraction of sp³-hybridized carbons (Fsp3) is 0.786. The summed E-state index contributed by atoms with van der Waals surface area (Å²) in [4.78, 5) is 0. The van der Waals surface area contributed by atoms with Gasteiger partial charge in [0, 0.05) is 5.41 Å². The molecule has 3 saturated carbocycles. The fourth-order valence-electron chi connectivity index (χ4n) is 7.11. The first-order valence-corrected chi connectivity index (χ1v) is 14.1. The number of benzene rings is 1. The quantitative estimate of drug-likeness (QED) is 0.322. The average molecular weight is 502 g/mol. The molecule has 0 aromatic heterocycles. The van der Waals surface area contributed by atoms with E-state index in [-0.39, 0.29) is 17.1 Å². The van der Waals surface area contributed by atoms with E-state index >= 15 is 0 Å². The Bertz CT molecular complexity index is 795. The summed E-state index contributed by atoms with van der Waals surface area (Å²) in [6.07, 6.45) is 14.9. The molecule has 33 heavy (non-hydrogen) atoms. The van der Waals surface area contributed by atoms with E-state index in [1.165, 1.54) is 44.9 Å². The molecular formula is C28H40Cl2F2O. The molecule has 0 amide bonds. The van der Waals surface area contributed by atoms with E-state index in [0.29, 0.717) is 24.0 Å². The topological polar surface area (TPSA) is 9.23 Å². The van der Waals surface area contributed by atoms with Gasteiger partial charge in [-0.2, -0.15) is 4.39 Å². The highest BCUT2D eigenvalue weighted by molar-refractivity contribution is 6.50. The van der Waals surface area contributed by atoms with Gasteiger partial charge in [0.15, 0.2) is 11.6 Å². The third-order valence-corrected chi connectivity index (χ3v) is 10.6. The van der Waals surface area contributed by atoms with Crippen molar-refractivity contribution in [2.24, 2.45) is 23.2 Å². The second kappa shape index (κ2) is 10.6. The summed E-state index contributed by atoms with van der Waals surface area (Å²) in [6, 6.07) is 3.29. The molecule has 0 radical (unpaired) electrons. The Morgan fingerprint density at radius 2 is 1.55 bits per heavy atom. The Morgan fingerprint density at radius 3 is 2.15 bits per heavy atom. The first kappa shape index (κ1) is 25.5. The zero-order valence-corrected chi connectivity index (χ0v) is 21.8. The van der Waals surface area contributed by atoms with Crippen LogP contribution in [0.4, 0.5) is 8.78 Å². The molecule has 0 heterocycles. The van der Waals surface area contributed by atoms with Gasteiger partial charge in [-0.1, -0.05) is 32.3 Å². The van der Waals surface area contributed by atoms with Gasteiger partial charge in [-0.3, -0.25) is 0 Å². The Hall–Kier alpha value is -0.540. The largest absolute Gasteiger partial charge is 0.491 e. The minimum atomic E-state index is -0.848. The van der Waals surface area contributed by atoms with Gasteiger partial charge in [0.2, 0.25) is 5.82 Å². The van der Waals surface area contributed by atoms with Gasteiger partial charge in [-0.05, 0) is 106 Å². The van der Waals surface area contributed by atoms with Crippen LogP contribution in [-0.4, -0.2) is 10.9 Å². The summed E-state index contributed by atoms with van der Waals surface area (Å²) in [5.74, 6) is 0.433. The number of rotatable bonds is 8. The molecule has 1 atom stereocenters.